The zero-order chi connectivity index (χ0) is 21.7. The monoisotopic (exact) mass is 470 g/mol. The van der Waals surface area contributed by atoms with E-state index in [0.29, 0.717) is 12.8 Å². The Balaban J connectivity index is 0.000000168. The number of rotatable bonds is 1. The Morgan fingerprint density at radius 2 is 1.33 bits per heavy atom. The first-order valence-corrected chi connectivity index (χ1v) is 10.7. The van der Waals surface area contributed by atoms with E-state index in [0.717, 1.165) is 32.4 Å². The van der Waals surface area contributed by atoms with Gasteiger partial charge >= 0.3 is 7.12 Å². The highest BCUT2D eigenvalue weighted by Crippen LogP contribution is 2.36. The number of hydrogen-bond acceptors (Lipinski definition) is 4. The molecular weight excluding hydrogens is 447 g/mol. The summed E-state index contributed by atoms with van der Waals surface area (Å²) in [5.41, 5.74) is 4.20. The van der Waals surface area contributed by atoms with Crippen LogP contribution in [0.1, 0.15) is 38.8 Å². The lowest BCUT2D eigenvalue weighted by atomic mass is 9.78. The van der Waals surface area contributed by atoms with E-state index in [-0.39, 0.29) is 30.1 Å². The molecule has 2 aromatic rings. The van der Waals surface area contributed by atoms with Crippen molar-refractivity contribution in [3.63, 3.8) is 0 Å². The summed E-state index contributed by atoms with van der Waals surface area (Å²) in [7, 11) is -0.369. The van der Waals surface area contributed by atoms with Gasteiger partial charge in [0.2, 0.25) is 11.8 Å². The van der Waals surface area contributed by atoms with Crippen LogP contribution in [0.3, 0.4) is 0 Å². The van der Waals surface area contributed by atoms with Gasteiger partial charge in [0.1, 0.15) is 0 Å². The molecule has 0 unspecified atom stereocenters. The molecule has 0 atom stereocenters. The Morgan fingerprint density at radius 1 is 0.833 bits per heavy atom. The van der Waals surface area contributed by atoms with E-state index >= 15 is 0 Å². The van der Waals surface area contributed by atoms with Crippen LogP contribution in [0.4, 0.5) is 11.4 Å². The number of anilines is 2. The van der Waals surface area contributed by atoms with E-state index < -0.39 is 0 Å². The van der Waals surface area contributed by atoms with E-state index in [1.54, 1.807) is 0 Å². The van der Waals surface area contributed by atoms with E-state index in [9.17, 15) is 9.59 Å². The predicted molar refractivity (Wildman–Crippen MR) is 121 cm³/mol. The van der Waals surface area contributed by atoms with Gasteiger partial charge in [0.15, 0.2) is 0 Å². The molecule has 0 aliphatic carbocycles. The first-order valence-electron chi connectivity index (χ1n) is 9.91. The second kappa shape index (κ2) is 7.52. The summed E-state index contributed by atoms with van der Waals surface area (Å²) in [6.45, 7) is 8.13. The third-order valence-corrected chi connectivity index (χ3v) is 6.47. The zero-order valence-electron chi connectivity index (χ0n) is 17.5. The smallest absolute Gasteiger partial charge is 0.399 e. The topological polar surface area (TPSA) is 76.7 Å². The van der Waals surface area contributed by atoms with Crippen LogP contribution in [-0.2, 0) is 31.7 Å². The Morgan fingerprint density at radius 3 is 1.90 bits per heavy atom. The molecule has 0 spiro atoms. The summed E-state index contributed by atoms with van der Waals surface area (Å²) in [5, 5.41) is 5.59. The molecule has 156 valence electrons. The molecule has 1 saturated heterocycles. The molecule has 3 aliphatic rings. The Labute approximate surface area is 185 Å². The molecule has 0 radical (unpaired) electrons. The first-order chi connectivity index (χ1) is 14.0. The zero-order valence-corrected chi connectivity index (χ0v) is 19.1. The minimum atomic E-state index is -0.369. The van der Waals surface area contributed by atoms with Gasteiger partial charge in [0.05, 0.1) is 24.0 Å². The van der Waals surface area contributed by atoms with Crippen LogP contribution in [-0.4, -0.2) is 30.1 Å². The summed E-state index contributed by atoms with van der Waals surface area (Å²) in [6.07, 6.45) is 0.942. The molecule has 5 rings (SSSR count). The van der Waals surface area contributed by atoms with Gasteiger partial charge in [-0.05, 0) is 68.6 Å². The van der Waals surface area contributed by atoms with Gasteiger partial charge < -0.3 is 19.9 Å². The van der Waals surface area contributed by atoms with Crippen molar-refractivity contribution in [3.8, 4) is 0 Å². The second-order valence-corrected chi connectivity index (χ2v) is 9.67. The van der Waals surface area contributed by atoms with Crippen LogP contribution in [0.2, 0.25) is 0 Å². The van der Waals surface area contributed by atoms with Gasteiger partial charge in [-0.2, -0.15) is 0 Å². The van der Waals surface area contributed by atoms with E-state index in [4.69, 9.17) is 9.31 Å². The van der Waals surface area contributed by atoms with Crippen LogP contribution in [0, 0.1) is 0 Å². The van der Waals surface area contributed by atoms with Gasteiger partial charge in [-0.25, -0.2) is 0 Å². The average molecular weight is 471 g/mol. The molecule has 2 aromatic carbocycles. The normalized spacial score (nSPS) is 20.1. The lowest BCUT2D eigenvalue weighted by molar-refractivity contribution is -0.115. The number of fused-ring (bicyclic) bond motifs is 2. The maximum absolute atomic E-state index is 11.4. The molecule has 30 heavy (non-hydrogen) atoms. The van der Waals surface area contributed by atoms with Crippen molar-refractivity contribution in [2.45, 2.75) is 51.7 Å². The fourth-order valence-electron chi connectivity index (χ4n) is 3.57. The van der Waals surface area contributed by atoms with Crippen molar-refractivity contribution in [1.82, 2.24) is 0 Å². The van der Waals surface area contributed by atoms with E-state index in [1.807, 2.05) is 64.1 Å². The van der Waals surface area contributed by atoms with Crippen LogP contribution in [0.5, 0.6) is 0 Å². The molecule has 2 N–H and O–H groups in total. The van der Waals surface area contributed by atoms with Crippen molar-refractivity contribution < 1.29 is 18.9 Å². The van der Waals surface area contributed by atoms with Crippen molar-refractivity contribution in [2.24, 2.45) is 0 Å². The number of halogens is 1. The average Bonchev–Trinajstić information content (AvgIpc) is 3.26. The molecule has 3 heterocycles. The third-order valence-electron chi connectivity index (χ3n) is 5.97. The van der Waals surface area contributed by atoms with Crippen LogP contribution in [0.25, 0.3) is 0 Å². The fourth-order valence-corrected chi connectivity index (χ4v) is 3.98. The standard InChI is InChI=1S/C14H18BNO3.C8H6BrNO/c1-13(2)14(3,4)19-15(18-13)10-5-6-11-9(7-10)8-12(17)16-11;9-6-1-2-7-5(3-6)4-8(11)10-7/h5-7H,8H2,1-4H3,(H,16,17);1-3H,4H2,(H,10,11). The lowest BCUT2D eigenvalue weighted by Gasteiger charge is -2.32. The summed E-state index contributed by atoms with van der Waals surface area (Å²) in [4.78, 5) is 22.3. The van der Waals surface area contributed by atoms with E-state index in [1.165, 1.54) is 0 Å². The lowest BCUT2D eigenvalue weighted by Crippen LogP contribution is -2.41. The molecule has 0 saturated carbocycles. The highest BCUT2D eigenvalue weighted by Gasteiger charge is 2.51. The molecule has 8 heteroatoms. The van der Waals surface area contributed by atoms with Gasteiger partial charge in [-0.1, -0.05) is 28.1 Å². The molecule has 1 fully saturated rings. The van der Waals surface area contributed by atoms with Gasteiger partial charge in [0.25, 0.3) is 0 Å². The number of amides is 2. The highest BCUT2D eigenvalue weighted by atomic mass is 79.9. The van der Waals surface area contributed by atoms with Crippen LogP contribution >= 0.6 is 15.9 Å². The number of benzene rings is 2. The maximum atomic E-state index is 11.4. The van der Waals surface area contributed by atoms with Gasteiger partial charge in [-0.3, -0.25) is 9.59 Å². The van der Waals surface area contributed by atoms with Crippen molar-refractivity contribution in [2.75, 3.05) is 10.6 Å². The van der Waals surface area contributed by atoms with Crippen LogP contribution < -0.4 is 16.1 Å². The quantitative estimate of drug-likeness (QED) is 0.626. The summed E-state index contributed by atoms with van der Waals surface area (Å²) >= 11 is 3.35. The number of hydrogen-bond donors (Lipinski definition) is 2. The molecule has 6 nitrogen and oxygen atoms in total. The van der Waals surface area contributed by atoms with Gasteiger partial charge in [-0.15, -0.1) is 0 Å². The van der Waals surface area contributed by atoms with Crippen molar-refractivity contribution >= 4 is 51.7 Å². The minimum absolute atomic E-state index is 0.0427. The van der Waals surface area contributed by atoms with Crippen molar-refractivity contribution in [1.29, 1.82) is 0 Å². The summed E-state index contributed by atoms with van der Waals surface area (Å²) in [6, 6.07) is 11.7. The Hall–Kier alpha value is -2.16. The first kappa shape index (κ1) is 21.1. The largest absolute Gasteiger partial charge is 0.494 e. The minimum Gasteiger partial charge on any atom is -0.399 e. The molecule has 2 amide bonds. The molecular formula is C22H24BBrN2O4. The molecule has 3 aliphatic heterocycles. The third kappa shape index (κ3) is 4.04. The van der Waals surface area contributed by atoms with E-state index in [2.05, 4.69) is 26.6 Å². The molecule has 0 aromatic heterocycles. The number of carbonyl (C=O) groups excluding carboxylic acids is 2. The Kier molecular flexibility index (Phi) is 5.28. The van der Waals surface area contributed by atoms with Gasteiger partial charge in [0, 0.05) is 15.8 Å². The second-order valence-electron chi connectivity index (χ2n) is 8.76. The van der Waals surface area contributed by atoms with Crippen LogP contribution in [0.15, 0.2) is 40.9 Å². The van der Waals surface area contributed by atoms with Crippen molar-refractivity contribution in [3.05, 3.63) is 52.0 Å². The highest BCUT2D eigenvalue weighted by molar-refractivity contribution is 9.10. The predicted octanol–water partition coefficient (Wildman–Crippen LogP) is 3.42. The number of carbonyl (C=O) groups is 2. The summed E-state index contributed by atoms with van der Waals surface area (Å²) in [5.74, 6) is 0.124. The number of nitrogens with one attached hydrogen (secondary N) is 2. The fraction of sp³-hybridized carbons (Fsp3) is 0.364. The maximum Gasteiger partial charge on any atom is 0.494 e. The summed E-state index contributed by atoms with van der Waals surface area (Å²) < 4.78 is 13.0. The molecule has 0 bridgehead atoms. The Bertz CT molecular complexity index is 1020. The SMILES string of the molecule is CC1(C)OB(c2ccc3c(c2)CC(=O)N3)OC1(C)C.O=C1Cc2cc(Br)ccc2N1.